The highest BCUT2D eigenvalue weighted by molar-refractivity contribution is 9.10. The maximum atomic E-state index is 13.8. The van der Waals surface area contributed by atoms with E-state index >= 15 is 0 Å². The molecular formula is C15H18BrFN2O. The lowest BCUT2D eigenvalue weighted by Crippen LogP contribution is -2.38. The number of nitrogens with zero attached hydrogens (tertiary/aromatic N) is 1. The molecule has 20 heavy (non-hydrogen) atoms. The summed E-state index contributed by atoms with van der Waals surface area (Å²) in [6.07, 6.45) is 2.69. The molecule has 0 aromatic heterocycles. The van der Waals surface area contributed by atoms with Crippen LogP contribution in [-0.2, 0) is 11.3 Å². The summed E-state index contributed by atoms with van der Waals surface area (Å²) in [6, 6.07) is 4.88. The number of halogens is 2. The molecule has 0 aliphatic carbocycles. The monoisotopic (exact) mass is 340 g/mol. The maximum Gasteiger partial charge on any atom is 0.223 e. The molecule has 2 aliphatic rings. The summed E-state index contributed by atoms with van der Waals surface area (Å²) >= 11 is 3.35. The van der Waals surface area contributed by atoms with Crippen molar-refractivity contribution >= 4 is 21.8 Å². The Hall–Kier alpha value is -0.940. The van der Waals surface area contributed by atoms with Crippen LogP contribution in [-0.4, -0.2) is 30.4 Å². The summed E-state index contributed by atoms with van der Waals surface area (Å²) in [5, 5.41) is 3.34. The van der Waals surface area contributed by atoms with Crippen molar-refractivity contribution in [3.05, 3.63) is 34.1 Å². The first-order valence-electron chi connectivity index (χ1n) is 7.00. The average molecular weight is 341 g/mol. The summed E-state index contributed by atoms with van der Waals surface area (Å²) in [6.45, 7) is 3.09. The number of carbonyl (C=O) groups is 1. The molecule has 2 fully saturated rings. The normalized spacial score (nSPS) is 21.7. The van der Waals surface area contributed by atoms with E-state index in [1.54, 1.807) is 12.1 Å². The Morgan fingerprint density at radius 1 is 1.35 bits per heavy atom. The lowest BCUT2D eigenvalue weighted by atomic mass is 9.78. The Kier molecular flexibility index (Phi) is 3.82. The fourth-order valence-electron chi connectivity index (χ4n) is 3.29. The minimum atomic E-state index is -0.243. The molecule has 0 radical (unpaired) electrons. The van der Waals surface area contributed by atoms with Gasteiger partial charge in [0.1, 0.15) is 5.82 Å². The fraction of sp³-hybridized carbons (Fsp3) is 0.533. The second-order valence-corrected chi connectivity index (χ2v) is 6.83. The zero-order valence-corrected chi connectivity index (χ0v) is 12.9. The number of carbonyl (C=O) groups excluding carboxylic acids is 1. The second kappa shape index (κ2) is 5.45. The molecule has 3 nitrogen and oxygen atoms in total. The van der Waals surface area contributed by atoms with Crippen LogP contribution in [0.3, 0.4) is 0 Å². The number of amides is 1. The molecule has 1 spiro atoms. The number of likely N-dealkylation sites (tertiary alicyclic amines) is 1. The third kappa shape index (κ3) is 2.74. The molecule has 0 atom stereocenters. The molecule has 2 saturated heterocycles. The zero-order chi connectivity index (χ0) is 14.2. The van der Waals surface area contributed by atoms with Crippen LogP contribution in [0.2, 0.25) is 0 Å². The molecule has 2 aliphatic heterocycles. The van der Waals surface area contributed by atoms with E-state index in [1.165, 1.54) is 6.07 Å². The van der Waals surface area contributed by atoms with Gasteiger partial charge in [0, 0.05) is 29.5 Å². The smallest absolute Gasteiger partial charge is 0.223 e. The van der Waals surface area contributed by atoms with E-state index in [2.05, 4.69) is 21.2 Å². The van der Waals surface area contributed by atoms with Crippen LogP contribution in [0, 0.1) is 11.2 Å². The minimum Gasteiger partial charge on any atom is -0.338 e. The Bertz CT molecular complexity index is 529. The Morgan fingerprint density at radius 2 is 2.10 bits per heavy atom. The number of hydrogen-bond donors (Lipinski definition) is 1. The van der Waals surface area contributed by atoms with Crippen molar-refractivity contribution in [3.8, 4) is 0 Å². The van der Waals surface area contributed by atoms with Crippen LogP contribution >= 0.6 is 15.9 Å². The van der Waals surface area contributed by atoms with Crippen LogP contribution in [0.5, 0.6) is 0 Å². The third-order valence-electron chi connectivity index (χ3n) is 4.44. The van der Waals surface area contributed by atoms with Gasteiger partial charge < -0.3 is 10.2 Å². The lowest BCUT2D eigenvalue weighted by Gasteiger charge is -2.33. The van der Waals surface area contributed by atoms with Crippen LogP contribution in [0.1, 0.15) is 24.8 Å². The molecule has 5 heteroatoms. The zero-order valence-electron chi connectivity index (χ0n) is 11.3. The molecule has 1 amide bonds. The summed E-state index contributed by atoms with van der Waals surface area (Å²) in [7, 11) is 0. The van der Waals surface area contributed by atoms with Gasteiger partial charge in [-0.05, 0) is 49.5 Å². The molecule has 108 valence electrons. The average Bonchev–Trinajstić information content (AvgIpc) is 2.71. The summed E-state index contributed by atoms with van der Waals surface area (Å²) in [5.74, 6) is -0.0847. The van der Waals surface area contributed by atoms with Crippen molar-refractivity contribution in [3.63, 3.8) is 0 Å². The van der Waals surface area contributed by atoms with E-state index in [0.717, 1.165) is 36.9 Å². The molecule has 1 N–H and O–H groups in total. The van der Waals surface area contributed by atoms with Gasteiger partial charge in [-0.2, -0.15) is 0 Å². The number of piperidine rings is 1. The number of nitrogens with one attached hydrogen (secondary N) is 1. The van der Waals surface area contributed by atoms with Gasteiger partial charge in [0.25, 0.3) is 0 Å². The lowest BCUT2D eigenvalue weighted by molar-refractivity contribution is -0.128. The van der Waals surface area contributed by atoms with Crippen LogP contribution < -0.4 is 5.32 Å². The molecule has 0 bridgehead atoms. The van der Waals surface area contributed by atoms with Gasteiger partial charge >= 0.3 is 0 Å². The van der Waals surface area contributed by atoms with Gasteiger partial charge in [0.05, 0.1) is 0 Å². The minimum absolute atomic E-state index is 0.116. The summed E-state index contributed by atoms with van der Waals surface area (Å²) in [5.41, 5.74) is 0.698. The van der Waals surface area contributed by atoms with E-state index in [0.29, 0.717) is 18.5 Å². The predicted octanol–water partition coefficient (Wildman–Crippen LogP) is 2.69. The number of hydrogen-bond acceptors (Lipinski definition) is 2. The molecule has 0 unspecified atom stereocenters. The van der Waals surface area contributed by atoms with E-state index in [1.807, 2.05) is 4.90 Å². The molecule has 3 rings (SSSR count). The Morgan fingerprint density at radius 3 is 2.85 bits per heavy atom. The number of rotatable bonds is 2. The van der Waals surface area contributed by atoms with Crippen molar-refractivity contribution in [1.29, 1.82) is 0 Å². The SMILES string of the molecule is O=C1CC2(CCNCC2)CN1Cc1cc(Br)ccc1F. The van der Waals surface area contributed by atoms with Crippen molar-refractivity contribution in [2.75, 3.05) is 19.6 Å². The first kappa shape index (κ1) is 14.0. The van der Waals surface area contributed by atoms with E-state index in [9.17, 15) is 9.18 Å². The molecule has 1 aromatic carbocycles. The second-order valence-electron chi connectivity index (χ2n) is 5.91. The Balaban J connectivity index is 1.75. The standard InChI is InChI=1S/C15H18BrFN2O/c16-12-1-2-13(17)11(7-12)9-19-10-15(8-14(19)20)3-5-18-6-4-15/h1-2,7,18H,3-6,8-10H2. The van der Waals surface area contributed by atoms with Crippen LogP contribution in [0.4, 0.5) is 4.39 Å². The molecular weight excluding hydrogens is 323 g/mol. The largest absolute Gasteiger partial charge is 0.338 e. The Labute approximate surface area is 126 Å². The van der Waals surface area contributed by atoms with E-state index in [-0.39, 0.29) is 17.1 Å². The topological polar surface area (TPSA) is 32.3 Å². The maximum absolute atomic E-state index is 13.8. The van der Waals surface area contributed by atoms with Gasteiger partial charge in [-0.15, -0.1) is 0 Å². The third-order valence-corrected chi connectivity index (χ3v) is 4.93. The van der Waals surface area contributed by atoms with Gasteiger partial charge in [-0.1, -0.05) is 15.9 Å². The van der Waals surface area contributed by atoms with Gasteiger partial charge in [0.15, 0.2) is 0 Å². The predicted molar refractivity (Wildman–Crippen MR) is 78.7 cm³/mol. The van der Waals surface area contributed by atoms with Gasteiger partial charge in [0.2, 0.25) is 5.91 Å². The highest BCUT2D eigenvalue weighted by Crippen LogP contribution is 2.40. The quantitative estimate of drug-likeness (QED) is 0.897. The first-order valence-corrected chi connectivity index (χ1v) is 7.80. The van der Waals surface area contributed by atoms with Crippen molar-refractivity contribution < 1.29 is 9.18 Å². The molecule has 0 saturated carbocycles. The number of benzene rings is 1. The van der Waals surface area contributed by atoms with E-state index < -0.39 is 0 Å². The van der Waals surface area contributed by atoms with Crippen molar-refractivity contribution in [1.82, 2.24) is 10.2 Å². The highest BCUT2D eigenvalue weighted by atomic mass is 79.9. The molecule has 2 heterocycles. The molecule has 1 aromatic rings. The van der Waals surface area contributed by atoms with E-state index in [4.69, 9.17) is 0 Å². The highest BCUT2D eigenvalue weighted by Gasteiger charge is 2.43. The van der Waals surface area contributed by atoms with Gasteiger partial charge in [-0.25, -0.2) is 4.39 Å². The van der Waals surface area contributed by atoms with Gasteiger partial charge in [-0.3, -0.25) is 4.79 Å². The van der Waals surface area contributed by atoms with Crippen LogP contribution in [0.25, 0.3) is 0 Å². The summed E-state index contributed by atoms with van der Waals surface area (Å²) < 4.78 is 14.7. The van der Waals surface area contributed by atoms with Crippen molar-refractivity contribution in [2.24, 2.45) is 5.41 Å². The van der Waals surface area contributed by atoms with Crippen LogP contribution in [0.15, 0.2) is 22.7 Å². The van der Waals surface area contributed by atoms with Crippen molar-refractivity contribution in [2.45, 2.75) is 25.8 Å². The summed E-state index contributed by atoms with van der Waals surface area (Å²) in [4.78, 5) is 14.0. The first-order chi connectivity index (χ1) is 9.58. The fourth-order valence-corrected chi connectivity index (χ4v) is 3.70.